The molecule has 2 N–H and O–H groups in total. The zero-order valence-electron chi connectivity index (χ0n) is 7.97. The van der Waals surface area contributed by atoms with Crippen molar-refractivity contribution in [3.63, 3.8) is 0 Å². The molecule has 72 valence electrons. The molecule has 0 aliphatic rings. The van der Waals surface area contributed by atoms with Gasteiger partial charge in [0.1, 0.15) is 11.3 Å². The van der Waals surface area contributed by atoms with Gasteiger partial charge in [-0.25, -0.2) is 9.97 Å². The van der Waals surface area contributed by atoms with Crippen molar-refractivity contribution in [1.82, 2.24) is 14.5 Å². The molecule has 0 atom stereocenters. The number of hydrogen-bond acceptors (Lipinski definition) is 4. The van der Waals surface area contributed by atoms with Crippen molar-refractivity contribution in [3.05, 3.63) is 18.1 Å². The molecule has 2 aromatic heterocycles. The summed E-state index contributed by atoms with van der Waals surface area (Å²) in [7, 11) is 0.376. The van der Waals surface area contributed by atoms with Gasteiger partial charge < -0.3 is 14.6 Å². The summed E-state index contributed by atoms with van der Waals surface area (Å²) in [5.41, 5.74) is 1.78. The van der Waals surface area contributed by atoms with Crippen molar-refractivity contribution in [1.29, 1.82) is 0 Å². The van der Waals surface area contributed by atoms with E-state index in [1.807, 2.05) is 18.5 Å². The Labute approximate surface area is 81.2 Å². The fourth-order valence-electron chi connectivity index (χ4n) is 1.35. The second-order valence-electron chi connectivity index (χ2n) is 3.20. The Kier molecular flexibility index (Phi) is 2.01. The van der Waals surface area contributed by atoms with Gasteiger partial charge in [-0.15, -0.1) is 0 Å². The molecule has 0 spiro atoms. The van der Waals surface area contributed by atoms with Gasteiger partial charge in [-0.3, -0.25) is 0 Å². The monoisotopic (exact) mass is 191 g/mol. The van der Waals surface area contributed by atoms with E-state index in [2.05, 4.69) is 9.97 Å². The minimum Gasteiger partial charge on any atom is -0.423 e. The Hall–Kier alpha value is -1.40. The number of pyridine rings is 1. The summed E-state index contributed by atoms with van der Waals surface area (Å²) in [6.45, 7) is 1.87. The SMILES string of the molecule is Cc1nc2cc(B(O)O)cnc2n1C. The summed E-state index contributed by atoms with van der Waals surface area (Å²) in [6.07, 6.45) is 1.44. The summed E-state index contributed by atoms with van der Waals surface area (Å²) >= 11 is 0. The molecule has 0 saturated carbocycles. The van der Waals surface area contributed by atoms with E-state index < -0.39 is 7.12 Å². The molecule has 2 aromatic rings. The number of imidazole rings is 1. The first-order valence-electron chi connectivity index (χ1n) is 4.24. The number of rotatable bonds is 1. The molecule has 0 aromatic carbocycles. The predicted octanol–water partition coefficient (Wildman–Crippen LogP) is -1.04. The van der Waals surface area contributed by atoms with Gasteiger partial charge in [-0.1, -0.05) is 0 Å². The first-order chi connectivity index (χ1) is 6.59. The molecule has 0 aliphatic heterocycles. The lowest BCUT2D eigenvalue weighted by Gasteiger charge is -1.98. The summed E-state index contributed by atoms with van der Waals surface area (Å²) in [5, 5.41) is 17.9. The zero-order valence-corrected chi connectivity index (χ0v) is 7.97. The van der Waals surface area contributed by atoms with E-state index in [0.29, 0.717) is 11.0 Å². The summed E-state index contributed by atoms with van der Waals surface area (Å²) in [5.74, 6) is 0.845. The van der Waals surface area contributed by atoms with E-state index in [9.17, 15) is 0 Å². The van der Waals surface area contributed by atoms with Crippen LogP contribution >= 0.6 is 0 Å². The number of hydrogen-bond donors (Lipinski definition) is 2. The van der Waals surface area contributed by atoms with Crippen molar-refractivity contribution in [2.75, 3.05) is 0 Å². The third-order valence-electron chi connectivity index (χ3n) is 2.25. The van der Waals surface area contributed by atoms with Crippen LogP contribution in [0.15, 0.2) is 12.3 Å². The first-order valence-corrected chi connectivity index (χ1v) is 4.24. The highest BCUT2D eigenvalue weighted by Gasteiger charge is 2.14. The van der Waals surface area contributed by atoms with Crippen LogP contribution in [0.25, 0.3) is 11.2 Å². The quantitative estimate of drug-likeness (QED) is 0.564. The van der Waals surface area contributed by atoms with Crippen LogP contribution in [0.4, 0.5) is 0 Å². The van der Waals surface area contributed by atoms with Gasteiger partial charge in [0.2, 0.25) is 0 Å². The van der Waals surface area contributed by atoms with Gasteiger partial charge in [-0.05, 0) is 13.0 Å². The van der Waals surface area contributed by atoms with E-state index in [1.165, 1.54) is 6.20 Å². The summed E-state index contributed by atoms with van der Waals surface area (Å²) < 4.78 is 1.85. The van der Waals surface area contributed by atoms with E-state index in [-0.39, 0.29) is 0 Å². The smallest absolute Gasteiger partial charge is 0.423 e. The van der Waals surface area contributed by atoms with Gasteiger partial charge in [0.05, 0.1) is 0 Å². The van der Waals surface area contributed by atoms with Crippen molar-refractivity contribution in [2.24, 2.45) is 7.05 Å². The Bertz CT molecular complexity index is 481. The van der Waals surface area contributed by atoms with Gasteiger partial charge in [0, 0.05) is 18.7 Å². The van der Waals surface area contributed by atoms with Crippen molar-refractivity contribution >= 4 is 23.7 Å². The molecule has 14 heavy (non-hydrogen) atoms. The van der Waals surface area contributed by atoms with E-state index in [4.69, 9.17) is 10.0 Å². The highest BCUT2D eigenvalue weighted by Crippen LogP contribution is 2.09. The van der Waals surface area contributed by atoms with Crippen molar-refractivity contribution < 1.29 is 10.0 Å². The number of aromatic nitrogens is 3. The van der Waals surface area contributed by atoms with Crippen LogP contribution in [0.1, 0.15) is 5.82 Å². The highest BCUT2D eigenvalue weighted by atomic mass is 16.4. The average Bonchev–Trinajstić information content (AvgIpc) is 2.42. The van der Waals surface area contributed by atoms with Gasteiger partial charge in [-0.2, -0.15) is 0 Å². The average molecular weight is 191 g/mol. The second-order valence-corrected chi connectivity index (χ2v) is 3.20. The predicted molar refractivity (Wildman–Crippen MR) is 53.1 cm³/mol. The Balaban J connectivity index is 2.67. The lowest BCUT2D eigenvalue weighted by molar-refractivity contribution is 0.425. The number of aryl methyl sites for hydroxylation is 2. The standard InChI is InChI=1S/C8H10BN3O2/c1-5-11-7-3-6(9(13)14)4-10-8(7)12(5)2/h3-4,13-14H,1-2H3. The van der Waals surface area contributed by atoms with Crippen molar-refractivity contribution in [3.8, 4) is 0 Å². The van der Waals surface area contributed by atoms with E-state index in [1.54, 1.807) is 6.07 Å². The molecule has 6 heteroatoms. The second kappa shape index (κ2) is 3.07. The third kappa shape index (κ3) is 1.28. The molecule has 2 rings (SSSR count). The van der Waals surface area contributed by atoms with Crippen LogP contribution < -0.4 is 5.46 Å². The Morgan fingerprint density at radius 3 is 2.79 bits per heavy atom. The third-order valence-corrected chi connectivity index (χ3v) is 2.25. The highest BCUT2D eigenvalue weighted by molar-refractivity contribution is 6.58. The number of fused-ring (bicyclic) bond motifs is 1. The molecule has 5 nitrogen and oxygen atoms in total. The molecule has 0 bridgehead atoms. The minimum atomic E-state index is -1.49. The van der Waals surface area contributed by atoms with Gasteiger partial charge in [0.25, 0.3) is 0 Å². The van der Waals surface area contributed by atoms with Crippen LogP contribution in [0.2, 0.25) is 0 Å². The number of nitrogens with zero attached hydrogens (tertiary/aromatic N) is 3. The molecule has 0 amide bonds. The van der Waals surface area contributed by atoms with Crippen LogP contribution in [-0.4, -0.2) is 31.7 Å². The maximum Gasteiger partial charge on any atom is 0.490 e. The van der Waals surface area contributed by atoms with Crippen LogP contribution in [0, 0.1) is 6.92 Å². The first kappa shape index (κ1) is 9.17. The lowest BCUT2D eigenvalue weighted by Crippen LogP contribution is -2.30. The van der Waals surface area contributed by atoms with Crippen LogP contribution in [0.3, 0.4) is 0 Å². The van der Waals surface area contributed by atoms with Crippen LogP contribution in [-0.2, 0) is 7.05 Å². The lowest BCUT2D eigenvalue weighted by atomic mass is 9.82. The van der Waals surface area contributed by atoms with Crippen LogP contribution in [0.5, 0.6) is 0 Å². The van der Waals surface area contributed by atoms with Gasteiger partial charge >= 0.3 is 7.12 Å². The van der Waals surface area contributed by atoms with Gasteiger partial charge in [0.15, 0.2) is 5.65 Å². The largest absolute Gasteiger partial charge is 0.490 e. The maximum atomic E-state index is 8.94. The summed E-state index contributed by atoms with van der Waals surface area (Å²) in [6, 6.07) is 1.62. The topological polar surface area (TPSA) is 71.2 Å². The molecule has 0 fully saturated rings. The molecule has 0 unspecified atom stereocenters. The Morgan fingerprint density at radius 1 is 1.43 bits per heavy atom. The Morgan fingerprint density at radius 2 is 2.14 bits per heavy atom. The fourth-order valence-corrected chi connectivity index (χ4v) is 1.35. The molecule has 0 aliphatic carbocycles. The van der Waals surface area contributed by atoms with E-state index in [0.717, 1.165) is 11.5 Å². The molecule has 0 saturated heterocycles. The molecular formula is C8H10BN3O2. The maximum absolute atomic E-state index is 8.94. The molecular weight excluding hydrogens is 181 g/mol. The fraction of sp³-hybridized carbons (Fsp3) is 0.250. The van der Waals surface area contributed by atoms with E-state index >= 15 is 0 Å². The normalized spacial score (nSPS) is 10.9. The zero-order chi connectivity index (χ0) is 10.3. The molecule has 2 heterocycles. The van der Waals surface area contributed by atoms with Crippen molar-refractivity contribution in [2.45, 2.75) is 6.92 Å². The minimum absolute atomic E-state index is 0.357. The molecule has 0 radical (unpaired) electrons. The summed E-state index contributed by atoms with van der Waals surface area (Å²) in [4.78, 5) is 8.34.